The molecule has 0 bridgehead atoms. The summed E-state index contributed by atoms with van der Waals surface area (Å²) in [5.41, 5.74) is 0.918. The normalized spacial score (nSPS) is 11.3. The van der Waals surface area contributed by atoms with Crippen molar-refractivity contribution in [2.45, 2.75) is 33.3 Å². The van der Waals surface area contributed by atoms with Gasteiger partial charge in [0.25, 0.3) is 0 Å². The molecule has 0 atom stereocenters. The van der Waals surface area contributed by atoms with E-state index in [-0.39, 0.29) is 5.97 Å². The molecule has 0 N–H and O–H groups in total. The van der Waals surface area contributed by atoms with E-state index >= 15 is 0 Å². The molecule has 15 heavy (non-hydrogen) atoms. The third-order valence-corrected chi connectivity index (χ3v) is 2.48. The number of pyridine rings is 1. The van der Waals surface area contributed by atoms with Crippen molar-refractivity contribution in [1.29, 1.82) is 0 Å². The van der Waals surface area contributed by atoms with E-state index in [2.05, 4.69) is 20.9 Å². The van der Waals surface area contributed by atoms with Crippen molar-refractivity contribution < 1.29 is 9.53 Å². The van der Waals surface area contributed by atoms with Crippen LogP contribution in [0.3, 0.4) is 0 Å². The van der Waals surface area contributed by atoms with Crippen molar-refractivity contribution in [3.8, 4) is 0 Å². The van der Waals surface area contributed by atoms with Gasteiger partial charge in [-0.05, 0) is 55.3 Å². The first-order valence-corrected chi connectivity index (χ1v) is 5.44. The molecule has 1 aromatic rings. The summed E-state index contributed by atoms with van der Waals surface area (Å²) in [6.45, 7) is 7.39. The summed E-state index contributed by atoms with van der Waals surface area (Å²) in [6, 6.07) is 1.76. The Morgan fingerprint density at radius 2 is 2.07 bits per heavy atom. The Hall–Kier alpha value is -0.900. The zero-order chi connectivity index (χ0) is 11.6. The number of hydrogen-bond donors (Lipinski definition) is 0. The third-order valence-electron chi connectivity index (χ3n) is 1.65. The maximum Gasteiger partial charge on any atom is 0.340 e. The highest BCUT2D eigenvalue weighted by atomic mass is 79.9. The van der Waals surface area contributed by atoms with Crippen LogP contribution in [-0.2, 0) is 4.74 Å². The number of esters is 1. The van der Waals surface area contributed by atoms with Gasteiger partial charge in [0.05, 0.1) is 5.56 Å². The average molecular weight is 272 g/mol. The highest BCUT2D eigenvalue weighted by Gasteiger charge is 2.18. The van der Waals surface area contributed by atoms with Crippen molar-refractivity contribution in [3.63, 3.8) is 0 Å². The van der Waals surface area contributed by atoms with Crippen LogP contribution in [0.1, 0.15) is 36.7 Å². The molecule has 1 aromatic heterocycles. The Bertz CT molecular complexity index is 383. The number of halogens is 1. The molecule has 0 unspecified atom stereocenters. The summed E-state index contributed by atoms with van der Waals surface area (Å²) in [5.74, 6) is -0.342. The first-order chi connectivity index (χ1) is 6.79. The van der Waals surface area contributed by atoms with Crippen LogP contribution in [0.25, 0.3) is 0 Å². The molecule has 0 aliphatic rings. The lowest BCUT2D eigenvalue weighted by Gasteiger charge is -2.19. The molecule has 3 nitrogen and oxygen atoms in total. The highest BCUT2D eigenvalue weighted by Crippen LogP contribution is 2.16. The maximum atomic E-state index is 11.6. The summed E-state index contributed by atoms with van der Waals surface area (Å²) >= 11 is 3.28. The number of carbonyl (C=O) groups excluding carboxylic acids is 1. The number of nitrogens with zero attached hydrogens (tertiary/aromatic N) is 1. The molecule has 0 aliphatic carbocycles. The first-order valence-electron chi connectivity index (χ1n) is 4.65. The maximum absolute atomic E-state index is 11.6. The molecule has 0 aliphatic heterocycles. The van der Waals surface area contributed by atoms with Gasteiger partial charge in [0.15, 0.2) is 0 Å². The lowest BCUT2D eigenvalue weighted by molar-refractivity contribution is 0.00689. The smallest absolute Gasteiger partial charge is 0.340 e. The van der Waals surface area contributed by atoms with Gasteiger partial charge in [-0.3, -0.25) is 0 Å². The van der Waals surface area contributed by atoms with E-state index in [0.717, 1.165) is 10.2 Å². The molecule has 4 heteroatoms. The van der Waals surface area contributed by atoms with E-state index in [9.17, 15) is 4.79 Å². The Kier molecular flexibility index (Phi) is 3.50. The fourth-order valence-electron chi connectivity index (χ4n) is 1.01. The molecule has 82 valence electrons. The van der Waals surface area contributed by atoms with Gasteiger partial charge in [-0.2, -0.15) is 0 Å². The summed E-state index contributed by atoms with van der Waals surface area (Å²) in [7, 11) is 0. The van der Waals surface area contributed by atoms with Crippen LogP contribution >= 0.6 is 15.9 Å². The Morgan fingerprint density at radius 1 is 1.47 bits per heavy atom. The van der Waals surface area contributed by atoms with Crippen LogP contribution in [0, 0.1) is 6.92 Å². The summed E-state index contributed by atoms with van der Waals surface area (Å²) in [6.07, 6.45) is 1.51. The SMILES string of the molecule is Cc1cc(C(=O)OC(C)(C)C)cnc1Br. The van der Waals surface area contributed by atoms with Crippen molar-refractivity contribution in [2.24, 2.45) is 0 Å². The van der Waals surface area contributed by atoms with Crippen LogP contribution in [0.4, 0.5) is 0 Å². The second-order valence-corrected chi connectivity index (χ2v) is 5.08. The zero-order valence-electron chi connectivity index (χ0n) is 9.30. The van der Waals surface area contributed by atoms with E-state index in [1.54, 1.807) is 6.07 Å². The number of aryl methyl sites for hydroxylation is 1. The molecule has 0 saturated carbocycles. The first kappa shape index (κ1) is 12.2. The number of rotatable bonds is 1. The Labute approximate surface area is 98.0 Å². The summed E-state index contributed by atoms with van der Waals surface area (Å²) in [4.78, 5) is 15.7. The van der Waals surface area contributed by atoms with E-state index in [4.69, 9.17) is 4.74 Å². The van der Waals surface area contributed by atoms with Crippen molar-refractivity contribution in [3.05, 3.63) is 28.0 Å². The molecule has 1 rings (SSSR count). The molecule has 0 fully saturated rings. The van der Waals surface area contributed by atoms with Gasteiger partial charge in [0.2, 0.25) is 0 Å². The van der Waals surface area contributed by atoms with E-state index < -0.39 is 5.60 Å². The summed E-state index contributed by atoms with van der Waals surface area (Å²) in [5, 5.41) is 0. The van der Waals surface area contributed by atoms with E-state index in [0.29, 0.717) is 5.56 Å². The van der Waals surface area contributed by atoms with Gasteiger partial charge < -0.3 is 4.74 Å². The van der Waals surface area contributed by atoms with E-state index in [1.807, 2.05) is 27.7 Å². The lowest BCUT2D eigenvalue weighted by atomic mass is 10.2. The van der Waals surface area contributed by atoms with Gasteiger partial charge in [-0.25, -0.2) is 9.78 Å². The highest BCUT2D eigenvalue weighted by molar-refractivity contribution is 9.10. The van der Waals surface area contributed by atoms with Gasteiger partial charge in [0, 0.05) is 6.20 Å². The van der Waals surface area contributed by atoms with Crippen molar-refractivity contribution in [1.82, 2.24) is 4.98 Å². The lowest BCUT2D eigenvalue weighted by Crippen LogP contribution is -2.24. The molecule has 0 spiro atoms. The molecule has 0 aromatic carbocycles. The largest absolute Gasteiger partial charge is 0.456 e. The van der Waals surface area contributed by atoms with Crippen LogP contribution in [-0.4, -0.2) is 16.6 Å². The van der Waals surface area contributed by atoms with Crippen LogP contribution < -0.4 is 0 Å². The quantitative estimate of drug-likeness (QED) is 0.582. The second kappa shape index (κ2) is 4.31. The zero-order valence-corrected chi connectivity index (χ0v) is 10.9. The predicted molar refractivity (Wildman–Crippen MR) is 61.8 cm³/mol. The molecule has 1 heterocycles. The van der Waals surface area contributed by atoms with Gasteiger partial charge in [0.1, 0.15) is 10.2 Å². The second-order valence-electron chi connectivity index (χ2n) is 4.33. The van der Waals surface area contributed by atoms with Crippen LogP contribution in [0.5, 0.6) is 0 Å². The van der Waals surface area contributed by atoms with Gasteiger partial charge >= 0.3 is 5.97 Å². The third kappa shape index (κ3) is 3.63. The Balaban J connectivity index is 2.88. The monoisotopic (exact) mass is 271 g/mol. The topological polar surface area (TPSA) is 39.2 Å². The molecule has 0 saturated heterocycles. The fourth-order valence-corrected chi connectivity index (χ4v) is 1.22. The minimum Gasteiger partial charge on any atom is -0.456 e. The molecular formula is C11H14BrNO2. The molecule has 0 amide bonds. The van der Waals surface area contributed by atoms with Crippen molar-refractivity contribution >= 4 is 21.9 Å². The molecule has 0 radical (unpaired) electrons. The fraction of sp³-hybridized carbons (Fsp3) is 0.455. The standard InChI is InChI=1S/C11H14BrNO2/c1-7-5-8(6-13-9(7)12)10(14)15-11(2,3)4/h5-6H,1-4H3. The van der Waals surface area contributed by atoms with Gasteiger partial charge in [-0.15, -0.1) is 0 Å². The van der Waals surface area contributed by atoms with Crippen LogP contribution in [0.15, 0.2) is 16.9 Å². The summed E-state index contributed by atoms with van der Waals surface area (Å²) < 4.78 is 5.97. The Morgan fingerprint density at radius 3 is 2.53 bits per heavy atom. The number of carbonyl (C=O) groups is 1. The van der Waals surface area contributed by atoms with Crippen molar-refractivity contribution in [2.75, 3.05) is 0 Å². The average Bonchev–Trinajstić information content (AvgIpc) is 2.06. The van der Waals surface area contributed by atoms with Gasteiger partial charge in [-0.1, -0.05) is 0 Å². The number of ether oxygens (including phenoxy) is 1. The minimum atomic E-state index is -0.474. The van der Waals surface area contributed by atoms with Crippen LogP contribution in [0.2, 0.25) is 0 Å². The van der Waals surface area contributed by atoms with E-state index in [1.165, 1.54) is 6.20 Å². The number of aromatic nitrogens is 1. The number of hydrogen-bond acceptors (Lipinski definition) is 3. The molecular weight excluding hydrogens is 258 g/mol. The minimum absolute atomic E-state index is 0.342. The predicted octanol–water partition coefficient (Wildman–Crippen LogP) is 3.11.